The molecule has 1 unspecified atom stereocenters. The summed E-state index contributed by atoms with van der Waals surface area (Å²) in [6.45, 7) is 20.9. The molecule has 0 saturated carbocycles. The molecule has 0 aromatic heterocycles. The molecule has 0 radical (unpaired) electrons. The lowest BCUT2D eigenvalue weighted by atomic mass is 9.76. The average molecular weight is 497 g/mol. The van der Waals surface area contributed by atoms with E-state index in [2.05, 4.69) is 62.3 Å². The minimum Gasteiger partial charge on any atom is -0.0654 e. The van der Waals surface area contributed by atoms with E-state index in [0.29, 0.717) is 0 Å². The molecule has 0 bridgehead atoms. The summed E-state index contributed by atoms with van der Waals surface area (Å²) < 4.78 is 0. The van der Waals surface area contributed by atoms with Gasteiger partial charge in [0.05, 0.1) is 0 Å². The highest BCUT2D eigenvalue weighted by atomic mass is 14.3. The molecule has 0 aliphatic heterocycles. The zero-order chi connectivity index (χ0) is 27.0. The van der Waals surface area contributed by atoms with Crippen LogP contribution in [0.25, 0.3) is 0 Å². The third-order valence-electron chi connectivity index (χ3n) is 7.70. The molecule has 0 aliphatic rings. The Kier molecular flexibility index (Phi) is 40.8. The highest BCUT2D eigenvalue weighted by Gasteiger charge is 2.22. The van der Waals surface area contributed by atoms with Crippen molar-refractivity contribution < 1.29 is 0 Å². The number of rotatable bonds is 23. The average Bonchev–Trinajstić information content (AvgIpc) is 2.85. The van der Waals surface area contributed by atoms with Gasteiger partial charge in [0.2, 0.25) is 0 Å². The summed E-state index contributed by atoms with van der Waals surface area (Å²) in [6.07, 6.45) is 32.8. The standard InChI is InChI=1S/C21H44.2C7H16/c1-6-9-11-13-15-17-20(21(8-3)19(4)5)18-16-14-12-10-7-2;2*1-3-5-7-6-4-2/h19-21H,6-18H2,1-5H3;2*3-7H2,1-2H3. The van der Waals surface area contributed by atoms with Gasteiger partial charge in [-0.25, -0.2) is 0 Å². The lowest BCUT2D eigenvalue weighted by Crippen LogP contribution is -2.20. The summed E-state index contributed by atoms with van der Waals surface area (Å²) in [4.78, 5) is 0. The predicted octanol–water partition coefficient (Wildman–Crippen LogP) is 14.0. The normalized spacial score (nSPS) is 11.7. The minimum atomic E-state index is 0.867. The van der Waals surface area contributed by atoms with Crippen molar-refractivity contribution in [3.63, 3.8) is 0 Å². The largest absolute Gasteiger partial charge is 0.0654 e. The van der Waals surface area contributed by atoms with Crippen LogP contribution in [0.5, 0.6) is 0 Å². The molecule has 0 rings (SSSR count). The molecule has 0 heteroatoms. The lowest BCUT2D eigenvalue weighted by molar-refractivity contribution is 0.210. The maximum absolute atomic E-state index is 2.44. The van der Waals surface area contributed by atoms with E-state index in [0.717, 1.165) is 17.8 Å². The molecule has 216 valence electrons. The van der Waals surface area contributed by atoms with Gasteiger partial charge < -0.3 is 0 Å². The van der Waals surface area contributed by atoms with E-state index in [-0.39, 0.29) is 0 Å². The van der Waals surface area contributed by atoms with E-state index in [1.807, 2.05) is 0 Å². The molecule has 0 aliphatic carbocycles. The third-order valence-corrected chi connectivity index (χ3v) is 7.70. The van der Waals surface area contributed by atoms with E-state index < -0.39 is 0 Å². The second kappa shape index (κ2) is 36.2. The third kappa shape index (κ3) is 34.0. The predicted molar refractivity (Wildman–Crippen MR) is 168 cm³/mol. The molecular weight excluding hydrogens is 420 g/mol. The second-order valence-electron chi connectivity index (χ2n) is 11.6. The van der Waals surface area contributed by atoms with Crippen LogP contribution >= 0.6 is 0 Å². The van der Waals surface area contributed by atoms with E-state index >= 15 is 0 Å². The fourth-order valence-corrected chi connectivity index (χ4v) is 5.30. The molecular formula is C35H76. The fraction of sp³-hybridized carbons (Fsp3) is 1.00. The van der Waals surface area contributed by atoms with Crippen LogP contribution in [0, 0.1) is 17.8 Å². The summed E-state index contributed by atoms with van der Waals surface area (Å²) in [7, 11) is 0. The molecule has 0 nitrogen and oxygen atoms in total. The maximum atomic E-state index is 2.44. The van der Waals surface area contributed by atoms with Gasteiger partial charge in [0.15, 0.2) is 0 Å². The van der Waals surface area contributed by atoms with Crippen LogP contribution in [-0.4, -0.2) is 0 Å². The highest BCUT2D eigenvalue weighted by molar-refractivity contribution is 4.72. The van der Waals surface area contributed by atoms with Gasteiger partial charge in [-0.05, 0) is 17.8 Å². The van der Waals surface area contributed by atoms with E-state index in [4.69, 9.17) is 0 Å². The topological polar surface area (TPSA) is 0 Å². The van der Waals surface area contributed by atoms with Crippen molar-refractivity contribution in [1.82, 2.24) is 0 Å². The number of hydrogen-bond donors (Lipinski definition) is 0. The lowest BCUT2D eigenvalue weighted by Gasteiger charge is -2.30. The molecule has 1 atom stereocenters. The first-order chi connectivity index (χ1) is 17.0. The Morgan fingerprint density at radius 3 is 0.829 bits per heavy atom. The molecule has 0 aromatic carbocycles. The summed E-state index contributed by atoms with van der Waals surface area (Å²) in [5.41, 5.74) is 0. The van der Waals surface area contributed by atoms with Crippen molar-refractivity contribution in [2.75, 3.05) is 0 Å². The molecule has 0 N–H and O–H groups in total. The number of unbranched alkanes of at least 4 members (excludes halogenated alkanes) is 16. The van der Waals surface area contributed by atoms with E-state index in [9.17, 15) is 0 Å². The molecule has 0 aromatic rings. The Bertz CT molecular complexity index is 286. The first-order valence-electron chi connectivity index (χ1n) is 17.0. The van der Waals surface area contributed by atoms with Crippen LogP contribution in [0.4, 0.5) is 0 Å². The Balaban J connectivity index is -0.000000594. The molecule has 0 spiro atoms. The van der Waals surface area contributed by atoms with Crippen LogP contribution in [-0.2, 0) is 0 Å². The molecule has 35 heavy (non-hydrogen) atoms. The van der Waals surface area contributed by atoms with Crippen molar-refractivity contribution in [2.45, 2.75) is 210 Å². The van der Waals surface area contributed by atoms with Crippen LogP contribution in [0.3, 0.4) is 0 Å². The Morgan fingerprint density at radius 2 is 0.600 bits per heavy atom. The summed E-state index contributed by atoms with van der Waals surface area (Å²) in [5, 5.41) is 0. The Morgan fingerprint density at radius 1 is 0.343 bits per heavy atom. The highest BCUT2D eigenvalue weighted by Crippen LogP contribution is 2.32. The van der Waals surface area contributed by atoms with Crippen LogP contribution in [0.1, 0.15) is 210 Å². The van der Waals surface area contributed by atoms with Gasteiger partial charge in [0, 0.05) is 0 Å². The van der Waals surface area contributed by atoms with Gasteiger partial charge in [-0.2, -0.15) is 0 Å². The fourth-order valence-electron chi connectivity index (χ4n) is 5.30. The molecule has 0 heterocycles. The maximum Gasteiger partial charge on any atom is -0.0365 e. The second-order valence-corrected chi connectivity index (χ2v) is 11.6. The van der Waals surface area contributed by atoms with Gasteiger partial charge in [0.1, 0.15) is 0 Å². The zero-order valence-electron chi connectivity index (χ0n) is 27.0. The minimum absolute atomic E-state index is 0.867. The molecule has 0 amide bonds. The smallest absolute Gasteiger partial charge is 0.0365 e. The van der Waals surface area contributed by atoms with Crippen LogP contribution in [0.15, 0.2) is 0 Å². The number of hydrogen-bond acceptors (Lipinski definition) is 0. The van der Waals surface area contributed by atoms with Gasteiger partial charge in [-0.15, -0.1) is 0 Å². The van der Waals surface area contributed by atoms with Crippen molar-refractivity contribution >= 4 is 0 Å². The summed E-state index contributed by atoms with van der Waals surface area (Å²) in [6, 6.07) is 0. The van der Waals surface area contributed by atoms with Gasteiger partial charge in [-0.3, -0.25) is 0 Å². The van der Waals surface area contributed by atoms with Gasteiger partial charge in [-0.1, -0.05) is 210 Å². The quantitative estimate of drug-likeness (QED) is 0.123. The monoisotopic (exact) mass is 497 g/mol. The summed E-state index contributed by atoms with van der Waals surface area (Å²) >= 11 is 0. The molecule has 0 fully saturated rings. The van der Waals surface area contributed by atoms with Gasteiger partial charge >= 0.3 is 0 Å². The first kappa shape index (κ1) is 39.5. The first-order valence-corrected chi connectivity index (χ1v) is 17.0. The Hall–Kier alpha value is 0. The van der Waals surface area contributed by atoms with Gasteiger partial charge in [0.25, 0.3) is 0 Å². The van der Waals surface area contributed by atoms with Crippen LogP contribution < -0.4 is 0 Å². The molecule has 0 saturated heterocycles. The van der Waals surface area contributed by atoms with Crippen molar-refractivity contribution in [2.24, 2.45) is 17.8 Å². The van der Waals surface area contributed by atoms with E-state index in [1.165, 1.54) is 148 Å². The van der Waals surface area contributed by atoms with Crippen molar-refractivity contribution in [3.8, 4) is 0 Å². The zero-order valence-corrected chi connectivity index (χ0v) is 27.0. The van der Waals surface area contributed by atoms with Crippen LogP contribution in [0.2, 0.25) is 0 Å². The van der Waals surface area contributed by atoms with E-state index in [1.54, 1.807) is 0 Å². The van der Waals surface area contributed by atoms with Crippen molar-refractivity contribution in [3.05, 3.63) is 0 Å². The summed E-state index contributed by atoms with van der Waals surface area (Å²) in [5.74, 6) is 2.83. The van der Waals surface area contributed by atoms with Crippen molar-refractivity contribution in [1.29, 1.82) is 0 Å². The SMILES string of the molecule is CCCCCCC.CCCCCCC.CCCCCCCC(CCCCCCC)C(CC)C(C)C. The Labute approximate surface area is 227 Å².